The molecule has 1 aromatic heterocycles. The van der Waals surface area contributed by atoms with Crippen molar-refractivity contribution in [1.82, 2.24) is 14.9 Å². The van der Waals surface area contributed by atoms with Crippen molar-refractivity contribution in [3.8, 4) is 6.01 Å². The van der Waals surface area contributed by atoms with Gasteiger partial charge < -0.3 is 14.7 Å². The fourth-order valence-corrected chi connectivity index (χ4v) is 2.62. The molecule has 0 saturated carbocycles. The van der Waals surface area contributed by atoms with Gasteiger partial charge in [-0.05, 0) is 32.3 Å². The quantitative estimate of drug-likeness (QED) is 0.892. The highest BCUT2D eigenvalue weighted by Crippen LogP contribution is 2.23. The molecular formula is C16H25N3O3. The van der Waals surface area contributed by atoms with Gasteiger partial charge in [0.1, 0.15) is 12.2 Å². The van der Waals surface area contributed by atoms with E-state index < -0.39 is 5.60 Å². The summed E-state index contributed by atoms with van der Waals surface area (Å²) in [5.74, 6) is 0.412. The number of amides is 1. The van der Waals surface area contributed by atoms with Gasteiger partial charge in [0.25, 0.3) is 0 Å². The topological polar surface area (TPSA) is 75.6 Å². The molecule has 1 unspecified atom stereocenters. The molecule has 2 rings (SSSR count). The number of β-amino-alcohol motifs (C(OH)–C–C–N with tert-alkyl or cyclic N) is 1. The van der Waals surface area contributed by atoms with Crippen LogP contribution < -0.4 is 4.74 Å². The van der Waals surface area contributed by atoms with Crippen molar-refractivity contribution in [2.75, 3.05) is 19.7 Å². The van der Waals surface area contributed by atoms with Crippen LogP contribution in [-0.4, -0.2) is 51.2 Å². The summed E-state index contributed by atoms with van der Waals surface area (Å²) in [6.07, 6.45) is 1.03. The monoisotopic (exact) mass is 307 g/mol. The van der Waals surface area contributed by atoms with Crippen molar-refractivity contribution in [3.05, 3.63) is 17.5 Å². The van der Waals surface area contributed by atoms with Crippen molar-refractivity contribution in [1.29, 1.82) is 0 Å². The van der Waals surface area contributed by atoms with E-state index in [-0.39, 0.29) is 18.5 Å². The molecule has 1 atom stereocenters. The third-order valence-corrected chi connectivity index (χ3v) is 3.70. The van der Waals surface area contributed by atoms with Gasteiger partial charge in [-0.15, -0.1) is 0 Å². The molecule has 1 aromatic rings. The summed E-state index contributed by atoms with van der Waals surface area (Å²) in [5.41, 5.74) is 0.637. The number of carbonyl (C=O) groups excluding carboxylic acids is 1. The highest BCUT2D eigenvalue weighted by Gasteiger charge is 2.39. The van der Waals surface area contributed by atoms with Gasteiger partial charge in [0.2, 0.25) is 5.91 Å². The molecule has 0 aliphatic carbocycles. The van der Waals surface area contributed by atoms with Gasteiger partial charge in [0, 0.05) is 24.4 Å². The van der Waals surface area contributed by atoms with Gasteiger partial charge in [-0.2, -0.15) is 0 Å². The Morgan fingerprint density at radius 3 is 2.64 bits per heavy atom. The van der Waals surface area contributed by atoms with Gasteiger partial charge in [-0.1, -0.05) is 13.8 Å². The molecule has 1 saturated heterocycles. The second kappa shape index (κ2) is 6.60. The van der Waals surface area contributed by atoms with E-state index in [1.807, 2.05) is 33.8 Å². The second-order valence-electron chi connectivity index (χ2n) is 6.61. The number of aryl methyl sites for hydroxylation is 2. The predicted octanol–water partition coefficient (Wildman–Crippen LogP) is 1.48. The van der Waals surface area contributed by atoms with Crippen LogP contribution in [0.4, 0.5) is 0 Å². The SMILES string of the molecule is Cc1cc(C)nc(OCC2(O)CCN(C(=O)CC(C)C)C2)n1. The number of hydrogen-bond donors (Lipinski definition) is 1. The summed E-state index contributed by atoms with van der Waals surface area (Å²) in [4.78, 5) is 22.2. The Kier molecular flexibility index (Phi) is 5.01. The lowest BCUT2D eigenvalue weighted by Crippen LogP contribution is -2.41. The Hall–Kier alpha value is -1.69. The number of likely N-dealkylation sites (tertiary alicyclic amines) is 1. The highest BCUT2D eigenvalue weighted by molar-refractivity contribution is 5.76. The molecule has 0 radical (unpaired) electrons. The van der Waals surface area contributed by atoms with Crippen molar-refractivity contribution in [2.24, 2.45) is 5.92 Å². The Balaban J connectivity index is 1.91. The van der Waals surface area contributed by atoms with Gasteiger partial charge >= 0.3 is 6.01 Å². The lowest BCUT2D eigenvalue weighted by atomic mass is 10.1. The molecular weight excluding hydrogens is 282 g/mol. The minimum Gasteiger partial charge on any atom is -0.460 e. The largest absolute Gasteiger partial charge is 0.460 e. The standard InChI is InChI=1S/C16H25N3O3/c1-11(2)7-14(20)19-6-5-16(21,9-19)10-22-15-17-12(3)8-13(4)18-15/h8,11,21H,5-7,9-10H2,1-4H3. The van der Waals surface area contributed by atoms with Crippen LogP contribution in [0.1, 0.15) is 38.1 Å². The van der Waals surface area contributed by atoms with E-state index in [9.17, 15) is 9.90 Å². The molecule has 1 aliphatic heterocycles. The molecule has 0 bridgehead atoms. The first-order chi connectivity index (χ1) is 10.3. The first kappa shape index (κ1) is 16.7. The van der Waals surface area contributed by atoms with E-state index in [0.717, 1.165) is 11.4 Å². The number of nitrogens with zero attached hydrogens (tertiary/aromatic N) is 3. The normalized spacial score (nSPS) is 21.5. The fraction of sp³-hybridized carbons (Fsp3) is 0.688. The summed E-state index contributed by atoms with van der Waals surface area (Å²) in [6.45, 7) is 8.75. The van der Waals surface area contributed by atoms with Gasteiger partial charge in [-0.3, -0.25) is 4.79 Å². The zero-order valence-corrected chi connectivity index (χ0v) is 13.8. The number of ether oxygens (including phenoxy) is 1. The van der Waals surface area contributed by atoms with E-state index >= 15 is 0 Å². The van der Waals surface area contributed by atoms with Crippen LogP contribution in [0.5, 0.6) is 6.01 Å². The molecule has 0 aromatic carbocycles. The Bertz CT molecular complexity index is 527. The molecule has 1 aliphatic rings. The number of carbonyl (C=O) groups is 1. The maximum absolute atomic E-state index is 12.1. The van der Waals surface area contributed by atoms with Crippen molar-refractivity contribution < 1.29 is 14.6 Å². The minimum atomic E-state index is -1.02. The Morgan fingerprint density at radius 1 is 1.41 bits per heavy atom. The summed E-state index contributed by atoms with van der Waals surface area (Å²) in [5, 5.41) is 10.6. The van der Waals surface area contributed by atoms with Crippen LogP contribution in [0.25, 0.3) is 0 Å². The van der Waals surface area contributed by atoms with Crippen LogP contribution in [0.15, 0.2) is 6.07 Å². The maximum Gasteiger partial charge on any atom is 0.316 e. The molecule has 1 fully saturated rings. The first-order valence-corrected chi connectivity index (χ1v) is 7.73. The van der Waals surface area contributed by atoms with Crippen molar-refractivity contribution in [3.63, 3.8) is 0 Å². The van der Waals surface area contributed by atoms with E-state index in [1.165, 1.54) is 0 Å². The minimum absolute atomic E-state index is 0.0913. The number of hydrogen-bond acceptors (Lipinski definition) is 5. The zero-order valence-electron chi connectivity index (χ0n) is 13.8. The van der Waals surface area contributed by atoms with Gasteiger partial charge in [0.05, 0.1) is 6.54 Å². The van der Waals surface area contributed by atoms with Gasteiger partial charge in [-0.25, -0.2) is 9.97 Å². The van der Waals surface area contributed by atoms with Crippen molar-refractivity contribution in [2.45, 2.75) is 46.1 Å². The Labute approximate surface area is 131 Å². The predicted molar refractivity (Wildman–Crippen MR) is 82.6 cm³/mol. The number of rotatable bonds is 5. The Morgan fingerprint density at radius 2 is 2.05 bits per heavy atom. The van der Waals surface area contributed by atoms with E-state index in [0.29, 0.717) is 31.8 Å². The second-order valence-corrected chi connectivity index (χ2v) is 6.61. The third kappa shape index (κ3) is 4.40. The smallest absolute Gasteiger partial charge is 0.316 e. The zero-order chi connectivity index (χ0) is 16.3. The van der Waals surface area contributed by atoms with E-state index in [2.05, 4.69) is 9.97 Å². The van der Waals surface area contributed by atoms with Crippen LogP contribution in [0.2, 0.25) is 0 Å². The number of aliphatic hydroxyl groups is 1. The maximum atomic E-state index is 12.1. The molecule has 22 heavy (non-hydrogen) atoms. The molecule has 0 spiro atoms. The first-order valence-electron chi connectivity index (χ1n) is 7.73. The van der Waals surface area contributed by atoms with Gasteiger partial charge in [0.15, 0.2) is 0 Å². The highest BCUT2D eigenvalue weighted by atomic mass is 16.5. The lowest BCUT2D eigenvalue weighted by molar-refractivity contribution is -0.132. The van der Waals surface area contributed by atoms with Crippen LogP contribution in [-0.2, 0) is 4.79 Å². The lowest BCUT2D eigenvalue weighted by Gasteiger charge is -2.23. The summed E-state index contributed by atoms with van der Waals surface area (Å²) < 4.78 is 5.55. The molecule has 6 nitrogen and oxygen atoms in total. The molecule has 1 N–H and O–H groups in total. The summed E-state index contributed by atoms with van der Waals surface area (Å²) >= 11 is 0. The summed E-state index contributed by atoms with van der Waals surface area (Å²) in [6, 6.07) is 2.14. The third-order valence-electron chi connectivity index (χ3n) is 3.70. The average Bonchev–Trinajstić information content (AvgIpc) is 2.78. The average molecular weight is 307 g/mol. The van der Waals surface area contributed by atoms with E-state index in [4.69, 9.17) is 4.74 Å². The van der Waals surface area contributed by atoms with E-state index in [1.54, 1.807) is 4.90 Å². The van der Waals surface area contributed by atoms with Crippen LogP contribution >= 0.6 is 0 Å². The van der Waals surface area contributed by atoms with Crippen molar-refractivity contribution >= 4 is 5.91 Å². The summed E-state index contributed by atoms with van der Waals surface area (Å²) in [7, 11) is 0. The van der Waals surface area contributed by atoms with Crippen LogP contribution in [0, 0.1) is 19.8 Å². The molecule has 6 heteroatoms. The number of aromatic nitrogens is 2. The fourth-order valence-electron chi connectivity index (χ4n) is 2.62. The molecule has 2 heterocycles. The van der Waals surface area contributed by atoms with Crippen LogP contribution in [0.3, 0.4) is 0 Å². The molecule has 1 amide bonds. The molecule has 122 valence electrons.